The number of amides is 2. The molecule has 0 aliphatic rings. The Labute approximate surface area is 287 Å². The summed E-state index contributed by atoms with van der Waals surface area (Å²) in [5.74, 6) is -4.11. The number of benzene rings is 2. The van der Waals surface area contributed by atoms with Gasteiger partial charge in [-0.05, 0) is 55.8 Å². The Morgan fingerprint density at radius 1 is 0.980 bits per heavy atom. The third-order valence-electron chi connectivity index (χ3n) is 7.82. The van der Waals surface area contributed by atoms with Gasteiger partial charge in [0, 0.05) is 48.1 Å². The molecule has 3 N–H and O–H groups in total. The molecule has 0 bridgehead atoms. The van der Waals surface area contributed by atoms with Crippen molar-refractivity contribution in [1.29, 1.82) is 0 Å². The Hall–Kier alpha value is -5.45. The van der Waals surface area contributed by atoms with Gasteiger partial charge in [0.1, 0.15) is 17.5 Å². The lowest BCUT2D eigenvalue weighted by Crippen LogP contribution is -2.43. The molecule has 13 nitrogen and oxygen atoms in total. The molecule has 0 fully saturated rings. The van der Waals surface area contributed by atoms with Crippen LogP contribution in [0.15, 0.2) is 69.2 Å². The number of nitrogens with zero attached hydrogens (tertiary/aromatic N) is 3. The smallest absolute Gasteiger partial charge is 0.336 e. The fourth-order valence-electron chi connectivity index (χ4n) is 4.56. The maximum Gasteiger partial charge on any atom is 0.336 e. The van der Waals surface area contributed by atoms with Gasteiger partial charge in [-0.15, -0.1) is 0 Å². The molecule has 2 amide bonds. The van der Waals surface area contributed by atoms with Crippen LogP contribution >= 0.6 is 0 Å². The monoisotopic (exact) mass is 706 g/mol. The zero-order valence-electron chi connectivity index (χ0n) is 27.9. The van der Waals surface area contributed by atoms with Crippen LogP contribution in [-0.2, 0) is 33.1 Å². The van der Waals surface area contributed by atoms with E-state index in [1.54, 1.807) is 34.6 Å². The summed E-state index contributed by atoms with van der Waals surface area (Å²) in [6.45, 7) is 8.31. The summed E-state index contributed by atoms with van der Waals surface area (Å²) in [5.41, 5.74) is -3.03. The van der Waals surface area contributed by atoms with E-state index < -0.39 is 67.2 Å². The molecule has 260 valence electrons. The predicted octanol–water partition coefficient (Wildman–Crippen LogP) is 2.65. The highest BCUT2D eigenvalue weighted by Crippen LogP contribution is 2.25. The molecule has 2 aromatic heterocycles. The molecular formula is C33H33BF2N6O7S. The standard InChI is InChI=1S/C33H33BF2N6O7S/c1-17-18(2)41(6)32(47)42(30(17)45)27-12-7-19(16-37-27)13-26(28(34)43)39-29(44)22-14-24(36)25(15-23(22)35)40-50(48,49)21-10-8-20(9-11-21)38-31(46)33(3,4)5/h7-12,14-16,26,40H,13H2,1-6H3,(H,38,46)(H,39,44)/t26-/m0/s1. The lowest BCUT2D eigenvalue weighted by molar-refractivity contribution is -0.123. The SMILES string of the molecule is [B]C(=O)[C@H](Cc1ccc(-n2c(=O)c(C)c(C)n(C)c2=O)nc1)NC(=O)c1cc(F)c(NS(=O)(=O)c2ccc(NC(=O)C(C)(C)C)cc2)cc1F. The van der Waals surface area contributed by atoms with Crippen molar-refractivity contribution in [2.45, 2.75) is 52.0 Å². The van der Waals surface area contributed by atoms with Gasteiger partial charge in [0.2, 0.25) is 5.91 Å². The van der Waals surface area contributed by atoms with E-state index in [0.29, 0.717) is 34.6 Å². The topological polar surface area (TPSA) is 178 Å². The Bertz CT molecular complexity index is 2190. The Balaban J connectivity index is 1.48. The van der Waals surface area contributed by atoms with E-state index in [1.807, 2.05) is 4.72 Å². The maximum atomic E-state index is 15.1. The lowest BCUT2D eigenvalue weighted by Gasteiger charge is -2.18. The number of carbonyl (C=O) groups is 3. The molecule has 0 saturated heterocycles. The first kappa shape index (κ1) is 37.4. The number of sulfonamides is 1. The average molecular weight is 707 g/mol. The molecule has 0 saturated carbocycles. The molecule has 2 aromatic carbocycles. The molecule has 4 rings (SSSR count). The Morgan fingerprint density at radius 2 is 1.62 bits per heavy atom. The molecule has 17 heteroatoms. The first-order valence-corrected chi connectivity index (χ1v) is 16.5. The van der Waals surface area contributed by atoms with Crippen molar-refractivity contribution in [2.75, 3.05) is 10.0 Å². The van der Waals surface area contributed by atoms with E-state index in [0.717, 1.165) is 16.7 Å². The van der Waals surface area contributed by atoms with Crippen LogP contribution in [0.2, 0.25) is 0 Å². The minimum Gasteiger partial charge on any atom is -0.343 e. The summed E-state index contributed by atoms with van der Waals surface area (Å²) in [6.07, 6.45) is 1.02. The van der Waals surface area contributed by atoms with Crippen LogP contribution in [0.3, 0.4) is 0 Å². The Kier molecular flexibility index (Phi) is 10.6. The van der Waals surface area contributed by atoms with Crippen LogP contribution in [-0.4, -0.2) is 53.9 Å². The Morgan fingerprint density at radius 3 is 2.18 bits per heavy atom. The third kappa shape index (κ3) is 8.05. The van der Waals surface area contributed by atoms with Gasteiger partial charge in [-0.2, -0.15) is 0 Å². The first-order chi connectivity index (χ1) is 23.2. The molecular weight excluding hydrogens is 673 g/mol. The van der Waals surface area contributed by atoms with E-state index in [9.17, 15) is 32.4 Å². The highest BCUT2D eigenvalue weighted by Gasteiger charge is 2.25. The normalized spacial score (nSPS) is 12.2. The highest BCUT2D eigenvalue weighted by atomic mass is 32.2. The number of anilines is 2. The van der Waals surface area contributed by atoms with Gasteiger partial charge in [-0.3, -0.25) is 19.1 Å². The molecule has 50 heavy (non-hydrogen) atoms. The number of carbonyl (C=O) groups excluding carboxylic acids is 3. The van der Waals surface area contributed by atoms with Crippen LogP contribution < -0.4 is 26.6 Å². The second-order valence-corrected chi connectivity index (χ2v) is 14.2. The fourth-order valence-corrected chi connectivity index (χ4v) is 5.62. The van der Waals surface area contributed by atoms with Crippen molar-refractivity contribution in [3.05, 3.63) is 110 Å². The van der Waals surface area contributed by atoms with E-state index in [4.69, 9.17) is 7.85 Å². The molecule has 2 radical (unpaired) electrons. The molecule has 2 heterocycles. The second kappa shape index (κ2) is 14.2. The van der Waals surface area contributed by atoms with Crippen molar-refractivity contribution in [1.82, 2.24) is 19.4 Å². The minimum absolute atomic E-state index is 0.0111. The average Bonchev–Trinajstić information content (AvgIpc) is 3.04. The van der Waals surface area contributed by atoms with Crippen molar-refractivity contribution in [3.63, 3.8) is 0 Å². The largest absolute Gasteiger partial charge is 0.343 e. The summed E-state index contributed by atoms with van der Waals surface area (Å²) >= 11 is 0. The second-order valence-electron chi connectivity index (χ2n) is 12.5. The minimum atomic E-state index is -4.43. The molecule has 0 spiro atoms. The first-order valence-electron chi connectivity index (χ1n) is 15.0. The number of hydrogen-bond acceptors (Lipinski definition) is 8. The quantitative estimate of drug-likeness (QED) is 0.211. The van der Waals surface area contributed by atoms with E-state index >= 15 is 8.78 Å². The number of nitrogens with one attached hydrogen (secondary N) is 3. The van der Waals surface area contributed by atoms with Crippen LogP contribution in [0.5, 0.6) is 0 Å². The zero-order valence-corrected chi connectivity index (χ0v) is 28.7. The molecule has 4 aromatic rings. The molecule has 0 unspecified atom stereocenters. The number of rotatable bonds is 10. The van der Waals surface area contributed by atoms with Crippen molar-refractivity contribution in [2.24, 2.45) is 12.5 Å². The summed E-state index contributed by atoms with van der Waals surface area (Å²) in [7, 11) is 2.54. The van der Waals surface area contributed by atoms with Crippen molar-refractivity contribution in [3.8, 4) is 5.82 Å². The van der Waals surface area contributed by atoms with Gasteiger partial charge in [-0.25, -0.2) is 31.5 Å². The van der Waals surface area contributed by atoms with E-state index in [2.05, 4.69) is 15.6 Å². The van der Waals surface area contributed by atoms with Crippen LogP contribution in [0, 0.1) is 30.9 Å². The van der Waals surface area contributed by atoms with Crippen molar-refractivity contribution >= 4 is 46.7 Å². The van der Waals surface area contributed by atoms with Crippen LogP contribution in [0.1, 0.15) is 48.0 Å². The van der Waals surface area contributed by atoms with Gasteiger partial charge in [0.25, 0.3) is 21.5 Å². The van der Waals surface area contributed by atoms with Gasteiger partial charge >= 0.3 is 5.69 Å². The molecule has 0 aliphatic heterocycles. The lowest BCUT2D eigenvalue weighted by atomic mass is 9.90. The molecule has 0 aliphatic carbocycles. The maximum absolute atomic E-state index is 15.1. The highest BCUT2D eigenvalue weighted by molar-refractivity contribution is 7.92. The van der Waals surface area contributed by atoms with Gasteiger partial charge in [-0.1, -0.05) is 26.8 Å². The number of halogens is 2. The predicted molar refractivity (Wildman–Crippen MR) is 182 cm³/mol. The zero-order chi connectivity index (χ0) is 37.3. The van der Waals surface area contributed by atoms with Crippen LogP contribution in [0.4, 0.5) is 20.2 Å². The van der Waals surface area contributed by atoms with Crippen molar-refractivity contribution < 1.29 is 31.6 Å². The van der Waals surface area contributed by atoms with Crippen LogP contribution in [0.25, 0.3) is 5.82 Å². The summed E-state index contributed by atoms with van der Waals surface area (Å²) < 4.78 is 60.0. The molecule has 1 atom stereocenters. The third-order valence-corrected chi connectivity index (χ3v) is 9.21. The summed E-state index contributed by atoms with van der Waals surface area (Å²) in [5, 5.41) is 4.87. The van der Waals surface area contributed by atoms with Gasteiger partial charge < -0.3 is 20.0 Å². The fraction of sp³-hybridized carbons (Fsp3) is 0.273. The number of hydrogen-bond donors (Lipinski definition) is 3. The van der Waals surface area contributed by atoms with Gasteiger partial charge in [0.15, 0.2) is 7.85 Å². The van der Waals surface area contributed by atoms with Gasteiger partial charge in [0.05, 0.1) is 27.9 Å². The number of pyridine rings is 1. The van der Waals surface area contributed by atoms with E-state index in [-0.39, 0.29) is 23.0 Å². The summed E-state index contributed by atoms with van der Waals surface area (Å²) in [6, 6.07) is 7.30. The number of aromatic nitrogens is 3. The van der Waals surface area contributed by atoms with E-state index in [1.165, 1.54) is 42.1 Å². The summed E-state index contributed by atoms with van der Waals surface area (Å²) in [4.78, 5) is 66.6.